The summed E-state index contributed by atoms with van der Waals surface area (Å²) in [5, 5.41) is 0. The van der Waals surface area contributed by atoms with Crippen LogP contribution in [0.15, 0.2) is 12.1 Å². The van der Waals surface area contributed by atoms with Crippen molar-refractivity contribution in [2.24, 2.45) is 0 Å². The first-order valence-electron chi connectivity index (χ1n) is 5.13. The van der Waals surface area contributed by atoms with Crippen LogP contribution in [0.2, 0.25) is 0 Å². The van der Waals surface area contributed by atoms with Gasteiger partial charge in [-0.1, -0.05) is 11.8 Å². The molecule has 0 N–H and O–H groups in total. The van der Waals surface area contributed by atoms with Crippen LogP contribution in [0.1, 0.15) is 23.6 Å². The maximum atomic E-state index is 3.13. The van der Waals surface area contributed by atoms with Crippen LogP contribution in [0.3, 0.4) is 0 Å². The average molecular weight is 272 g/mol. The van der Waals surface area contributed by atoms with Crippen molar-refractivity contribution in [1.82, 2.24) is 0 Å². The zero-order valence-corrected chi connectivity index (χ0v) is 11.8. The topological polar surface area (TPSA) is 0 Å². The summed E-state index contributed by atoms with van der Waals surface area (Å²) in [6, 6.07) is 4.39. The zero-order valence-electron chi connectivity index (χ0n) is 9.38. The normalized spacial score (nSPS) is 10.0. The second kappa shape index (κ2) is 4.20. The lowest BCUT2D eigenvalue weighted by Gasteiger charge is -1.77. The van der Waals surface area contributed by atoms with Crippen molar-refractivity contribution in [3.05, 3.63) is 21.9 Å². The highest BCUT2D eigenvalue weighted by molar-refractivity contribution is 7.38. The van der Waals surface area contributed by atoms with Crippen LogP contribution in [0, 0.1) is 23.7 Å². The van der Waals surface area contributed by atoms with Gasteiger partial charge in [-0.15, -0.1) is 45.9 Å². The molecule has 0 saturated carbocycles. The molecule has 0 aromatic carbocycles. The molecule has 0 atom stereocenters. The predicted octanol–water partition coefficient (Wildman–Crippen LogP) is 4.92. The van der Waals surface area contributed by atoms with Gasteiger partial charge in [0.15, 0.2) is 0 Å². The third kappa shape index (κ3) is 1.77. The summed E-state index contributed by atoms with van der Waals surface area (Å²) in [4.78, 5) is 2.32. The molecule has 17 heavy (non-hydrogen) atoms. The van der Waals surface area contributed by atoms with Gasteiger partial charge >= 0.3 is 0 Å². The molecule has 3 heterocycles. The molecule has 0 amide bonds. The average Bonchev–Trinajstić information content (AvgIpc) is 2.89. The Morgan fingerprint density at radius 1 is 0.765 bits per heavy atom. The third-order valence-corrected chi connectivity index (χ3v) is 5.93. The van der Waals surface area contributed by atoms with Gasteiger partial charge in [0.25, 0.3) is 0 Å². The van der Waals surface area contributed by atoms with Crippen molar-refractivity contribution in [1.29, 1.82) is 0 Å². The molecular formula is C14H8S3. The summed E-state index contributed by atoms with van der Waals surface area (Å²) < 4.78 is 5.45. The summed E-state index contributed by atoms with van der Waals surface area (Å²) in [6.45, 7) is 3.76. The van der Waals surface area contributed by atoms with Crippen LogP contribution < -0.4 is 0 Å². The van der Waals surface area contributed by atoms with E-state index in [4.69, 9.17) is 0 Å². The van der Waals surface area contributed by atoms with Gasteiger partial charge in [-0.3, -0.25) is 0 Å². The molecule has 3 aromatic rings. The van der Waals surface area contributed by atoms with Gasteiger partial charge in [0.2, 0.25) is 0 Å². The van der Waals surface area contributed by atoms with Crippen LogP contribution in [0.25, 0.3) is 18.8 Å². The van der Waals surface area contributed by atoms with Crippen molar-refractivity contribution in [2.75, 3.05) is 0 Å². The summed E-state index contributed by atoms with van der Waals surface area (Å²) in [7, 11) is 0. The molecule has 0 radical (unpaired) electrons. The second-order valence-corrected chi connectivity index (χ2v) is 6.65. The standard InChI is InChI=1S/C14H8S3/c1-3-5-9-7-11-13(15-9)14-12(17-11)8-10(16-14)6-4-2/h7-8H,1-2H3. The predicted molar refractivity (Wildman–Crippen MR) is 80.2 cm³/mol. The van der Waals surface area contributed by atoms with Gasteiger partial charge < -0.3 is 0 Å². The van der Waals surface area contributed by atoms with Crippen molar-refractivity contribution in [3.8, 4) is 23.7 Å². The lowest BCUT2D eigenvalue weighted by molar-refractivity contribution is 1.89. The van der Waals surface area contributed by atoms with Gasteiger partial charge in [-0.05, 0) is 26.0 Å². The molecule has 3 rings (SSSR count). The highest BCUT2D eigenvalue weighted by Crippen LogP contribution is 2.43. The SMILES string of the molecule is CC#Cc1cc2sc3cc(C#CC)sc3c2s1. The minimum absolute atomic E-state index is 1.16. The second-order valence-electron chi connectivity index (χ2n) is 3.46. The molecular weight excluding hydrogens is 264 g/mol. The number of thiophene rings is 3. The van der Waals surface area contributed by atoms with Crippen LogP contribution in [-0.4, -0.2) is 0 Å². The fraction of sp³-hybridized carbons (Fsp3) is 0.143. The first-order valence-corrected chi connectivity index (χ1v) is 7.58. The van der Waals surface area contributed by atoms with Gasteiger partial charge in [-0.2, -0.15) is 0 Å². The Labute approximate surface area is 112 Å². The molecule has 0 aliphatic carbocycles. The molecule has 0 aliphatic heterocycles. The summed E-state index contributed by atoms with van der Waals surface area (Å²) >= 11 is 5.42. The fourth-order valence-electron chi connectivity index (χ4n) is 1.70. The van der Waals surface area contributed by atoms with E-state index >= 15 is 0 Å². The van der Waals surface area contributed by atoms with E-state index in [0.717, 1.165) is 9.75 Å². The zero-order chi connectivity index (χ0) is 11.8. The van der Waals surface area contributed by atoms with E-state index < -0.39 is 0 Å². The smallest absolute Gasteiger partial charge is 0.0789 e. The van der Waals surface area contributed by atoms with Gasteiger partial charge in [0.1, 0.15) is 0 Å². The molecule has 0 spiro atoms. The Kier molecular flexibility index (Phi) is 2.68. The van der Waals surface area contributed by atoms with Crippen LogP contribution in [0.5, 0.6) is 0 Å². The van der Waals surface area contributed by atoms with Crippen molar-refractivity contribution in [3.63, 3.8) is 0 Å². The largest absolute Gasteiger partial charge is 0.133 e. The third-order valence-electron chi connectivity index (χ3n) is 2.32. The minimum atomic E-state index is 1.16. The maximum absolute atomic E-state index is 3.13. The molecule has 0 saturated heterocycles. The Balaban J connectivity index is 2.27. The summed E-state index contributed by atoms with van der Waals surface area (Å²) in [5.74, 6) is 12.2. The molecule has 0 aliphatic rings. The van der Waals surface area contributed by atoms with E-state index in [9.17, 15) is 0 Å². The first-order chi connectivity index (χ1) is 8.31. The molecule has 0 unspecified atom stereocenters. The highest BCUT2D eigenvalue weighted by Gasteiger charge is 2.11. The lowest BCUT2D eigenvalue weighted by atomic mass is 10.4. The number of hydrogen-bond acceptors (Lipinski definition) is 3. The first kappa shape index (κ1) is 10.9. The molecule has 0 nitrogen and oxygen atoms in total. The maximum Gasteiger partial charge on any atom is 0.0789 e. The molecule has 0 bridgehead atoms. The van der Waals surface area contributed by atoms with Crippen LogP contribution in [-0.2, 0) is 0 Å². The summed E-state index contributed by atoms with van der Waals surface area (Å²) in [6.07, 6.45) is 0. The lowest BCUT2D eigenvalue weighted by Crippen LogP contribution is -1.56. The molecule has 3 aromatic heterocycles. The van der Waals surface area contributed by atoms with E-state index in [1.54, 1.807) is 22.7 Å². The van der Waals surface area contributed by atoms with Crippen molar-refractivity contribution >= 4 is 52.8 Å². The highest BCUT2D eigenvalue weighted by atomic mass is 32.1. The van der Waals surface area contributed by atoms with Gasteiger partial charge in [0, 0.05) is 9.40 Å². The Morgan fingerprint density at radius 3 is 1.65 bits per heavy atom. The van der Waals surface area contributed by atoms with E-state index in [2.05, 4.69) is 35.8 Å². The number of rotatable bonds is 0. The van der Waals surface area contributed by atoms with E-state index in [-0.39, 0.29) is 0 Å². The minimum Gasteiger partial charge on any atom is -0.133 e. The Morgan fingerprint density at radius 2 is 1.24 bits per heavy atom. The van der Waals surface area contributed by atoms with Crippen molar-refractivity contribution in [2.45, 2.75) is 13.8 Å². The van der Waals surface area contributed by atoms with Crippen molar-refractivity contribution < 1.29 is 0 Å². The number of hydrogen-bond donors (Lipinski definition) is 0. The van der Waals surface area contributed by atoms with Gasteiger partial charge in [-0.25, -0.2) is 0 Å². The Hall–Kier alpha value is -1.26. The fourth-order valence-corrected chi connectivity index (χ4v) is 5.54. The Bertz CT molecular complexity index is 750. The summed E-state index contributed by atoms with van der Waals surface area (Å²) in [5.41, 5.74) is 0. The van der Waals surface area contributed by atoms with E-state index in [1.165, 1.54) is 18.8 Å². The van der Waals surface area contributed by atoms with E-state index in [1.807, 2.05) is 25.2 Å². The molecule has 0 fully saturated rings. The van der Waals surface area contributed by atoms with Crippen LogP contribution in [0.4, 0.5) is 0 Å². The van der Waals surface area contributed by atoms with E-state index in [0.29, 0.717) is 0 Å². The van der Waals surface area contributed by atoms with Crippen LogP contribution >= 0.6 is 34.0 Å². The van der Waals surface area contributed by atoms with Gasteiger partial charge in [0.05, 0.1) is 19.2 Å². The molecule has 82 valence electrons. The molecule has 3 heteroatoms. The number of fused-ring (bicyclic) bond motifs is 3. The monoisotopic (exact) mass is 272 g/mol. The quantitative estimate of drug-likeness (QED) is 0.510.